The smallest absolute Gasteiger partial charge is 0.00965 e. The first-order chi connectivity index (χ1) is 9.83. The lowest BCUT2D eigenvalue weighted by Gasteiger charge is -2.16. The van der Waals surface area contributed by atoms with E-state index in [-0.39, 0.29) is 0 Å². The Morgan fingerprint density at radius 2 is 2.00 bits per heavy atom. The van der Waals surface area contributed by atoms with Gasteiger partial charge in [0.1, 0.15) is 0 Å². The van der Waals surface area contributed by atoms with Gasteiger partial charge < -0.3 is 10.2 Å². The van der Waals surface area contributed by atoms with Crippen molar-refractivity contribution in [2.75, 3.05) is 26.2 Å². The Kier molecular flexibility index (Phi) is 4.74. The van der Waals surface area contributed by atoms with E-state index in [0.29, 0.717) is 5.92 Å². The van der Waals surface area contributed by atoms with Crippen LogP contribution in [0.3, 0.4) is 0 Å². The highest BCUT2D eigenvalue weighted by Gasteiger charge is 2.33. The number of rotatable bonds is 7. The van der Waals surface area contributed by atoms with E-state index in [4.69, 9.17) is 0 Å². The van der Waals surface area contributed by atoms with Crippen molar-refractivity contribution in [1.29, 1.82) is 0 Å². The molecule has 0 radical (unpaired) electrons. The molecule has 0 spiro atoms. The van der Waals surface area contributed by atoms with Crippen molar-refractivity contribution in [3.8, 4) is 0 Å². The van der Waals surface area contributed by atoms with Crippen LogP contribution in [0.2, 0.25) is 0 Å². The number of nitrogens with zero attached hydrogens (tertiary/aromatic N) is 1. The Bertz CT molecular complexity index is 399. The van der Waals surface area contributed by atoms with Gasteiger partial charge in [-0.1, -0.05) is 37.3 Å². The first-order valence-corrected chi connectivity index (χ1v) is 8.32. The molecule has 1 aliphatic carbocycles. The summed E-state index contributed by atoms with van der Waals surface area (Å²) in [6.07, 6.45) is 5.55. The molecular formula is C18H28N2. The molecular weight excluding hydrogens is 244 g/mol. The summed E-state index contributed by atoms with van der Waals surface area (Å²) in [5, 5.41) is 3.68. The van der Waals surface area contributed by atoms with E-state index in [2.05, 4.69) is 47.5 Å². The van der Waals surface area contributed by atoms with Crippen molar-refractivity contribution in [3.05, 3.63) is 35.9 Å². The third-order valence-electron chi connectivity index (χ3n) is 4.94. The summed E-state index contributed by atoms with van der Waals surface area (Å²) in [5.74, 6) is 1.55. The molecule has 0 aromatic heterocycles. The van der Waals surface area contributed by atoms with Gasteiger partial charge in [-0.05, 0) is 62.7 Å². The van der Waals surface area contributed by atoms with Gasteiger partial charge in [-0.3, -0.25) is 0 Å². The zero-order valence-corrected chi connectivity index (χ0v) is 12.7. The van der Waals surface area contributed by atoms with Gasteiger partial charge in [-0.25, -0.2) is 0 Å². The third-order valence-corrected chi connectivity index (χ3v) is 4.94. The zero-order valence-electron chi connectivity index (χ0n) is 12.7. The number of benzene rings is 1. The fourth-order valence-electron chi connectivity index (χ4n) is 3.37. The number of hydrogen-bond acceptors (Lipinski definition) is 2. The van der Waals surface area contributed by atoms with Crippen LogP contribution in [0.4, 0.5) is 0 Å². The van der Waals surface area contributed by atoms with E-state index >= 15 is 0 Å². The fourth-order valence-corrected chi connectivity index (χ4v) is 3.37. The average molecular weight is 272 g/mol. The maximum absolute atomic E-state index is 3.68. The molecule has 1 aromatic rings. The quantitative estimate of drug-likeness (QED) is 0.767. The molecule has 1 heterocycles. The molecule has 1 saturated heterocycles. The van der Waals surface area contributed by atoms with E-state index in [0.717, 1.165) is 18.5 Å². The summed E-state index contributed by atoms with van der Waals surface area (Å²) >= 11 is 0. The van der Waals surface area contributed by atoms with Gasteiger partial charge in [0.2, 0.25) is 0 Å². The summed E-state index contributed by atoms with van der Waals surface area (Å²) in [5.41, 5.74) is 1.47. The van der Waals surface area contributed by atoms with Crippen LogP contribution in [-0.4, -0.2) is 37.1 Å². The van der Waals surface area contributed by atoms with Crippen LogP contribution < -0.4 is 5.32 Å². The van der Waals surface area contributed by atoms with E-state index < -0.39 is 0 Å². The molecule has 20 heavy (non-hydrogen) atoms. The normalized spacial score (nSPS) is 24.9. The molecule has 1 saturated carbocycles. The van der Waals surface area contributed by atoms with Crippen molar-refractivity contribution < 1.29 is 0 Å². The van der Waals surface area contributed by atoms with Crippen molar-refractivity contribution in [2.24, 2.45) is 5.92 Å². The highest BCUT2D eigenvalue weighted by Crippen LogP contribution is 2.31. The second-order valence-corrected chi connectivity index (χ2v) is 6.69. The predicted octanol–water partition coefficient (Wildman–Crippen LogP) is 3.25. The second-order valence-electron chi connectivity index (χ2n) is 6.69. The van der Waals surface area contributed by atoms with Gasteiger partial charge >= 0.3 is 0 Å². The SMILES string of the molecule is CC(CCNCC1CCN(C2CC2)C1)c1ccccc1. The van der Waals surface area contributed by atoms with Crippen LogP contribution in [-0.2, 0) is 0 Å². The van der Waals surface area contributed by atoms with Crippen LogP contribution in [0.25, 0.3) is 0 Å². The number of likely N-dealkylation sites (tertiary alicyclic amines) is 1. The van der Waals surface area contributed by atoms with Crippen LogP contribution in [0.1, 0.15) is 44.1 Å². The minimum atomic E-state index is 0.662. The van der Waals surface area contributed by atoms with Crippen LogP contribution in [0.15, 0.2) is 30.3 Å². The van der Waals surface area contributed by atoms with E-state index in [9.17, 15) is 0 Å². The van der Waals surface area contributed by atoms with E-state index in [1.54, 1.807) is 0 Å². The zero-order chi connectivity index (χ0) is 13.8. The minimum Gasteiger partial charge on any atom is -0.316 e. The second kappa shape index (κ2) is 6.73. The standard InChI is InChI=1S/C18H28N2/c1-15(17-5-3-2-4-6-17)9-11-19-13-16-10-12-20(14-16)18-7-8-18/h2-6,15-16,18-19H,7-14H2,1H3. The van der Waals surface area contributed by atoms with Crippen molar-refractivity contribution >= 4 is 0 Å². The summed E-state index contributed by atoms with van der Waals surface area (Å²) in [6, 6.07) is 11.8. The molecule has 3 rings (SSSR count). The molecule has 2 fully saturated rings. The Morgan fingerprint density at radius 1 is 1.20 bits per heavy atom. The monoisotopic (exact) mass is 272 g/mol. The molecule has 2 nitrogen and oxygen atoms in total. The van der Waals surface area contributed by atoms with Crippen molar-refractivity contribution in [3.63, 3.8) is 0 Å². The Balaban J connectivity index is 1.30. The largest absolute Gasteiger partial charge is 0.316 e. The van der Waals surface area contributed by atoms with Crippen LogP contribution >= 0.6 is 0 Å². The molecule has 1 N–H and O–H groups in total. The predicted molar refractivity (Wildman–Crippen MR) is 85.0 cm³/mol. The van der Waals surface area contributed by atoms with Crippen LogP contribution in [0, 0.1) is 5.92 Å². The summed E-state index contributed by atoms with van der Waals surface area (Å²) in [4.78, 5) is 2.71. The molecule has 2 aliphatic rings. The summed E-state index contributed by atoms with van der Waals surface area (Å²) < 4.78 is 0. The van der Waals surface area contributed by atoms with Gasteiger partial charge in [-0.2, -0.15) is 0 Å². The molecule has 2 unspecified atom stereocenters. The lowest BCUT2D eigenvalue weighted by Crippen LogP contribution is -2.28. The van der Waals surface area contributed by atoms with Crippen molar-refractivity contribution in [1.82, 2.24) is 10.2 Å². The lowest BCUT2D eigenvalue weighted by molar-refractivity contribution is 0.311. The Labute approximate surface area is 123 Å². The molecule has 1 aromatic carbocycles. The molecule has 110 valence electrons. The highest BCUT2D eigenvalue weighted by atomic mass is 15.2. The maximum Gasteiger partial charge on any atom is 0.00965 e. The molecule has 0 amide bonds. The number of hydrogen-bond donors (Lipinski definition) is 1. The molecule has 2 atom stereocenters. The molecule has 1 aliphatic heterocycles. The maximum atomic E-state index is 3.68. The highest BCUT2D eigenvalue weighted by molar-refractivity contribution is 5.18. The topological polar surface area (TPSA) is 15.3 Å². The minimum absolute atomic E-state index is 0.662. The third kappa shape index (κ3) is 3.83. The molecule has 0 bridgehead atoms. The van der Waals surface area contributed by atoms with Gasteiger partial charge in [0.15, 0.2) is 0 Å². The van der Waals surface area contributed by atoms with Gasteiger partial charge in [0.25, 0.3) is 0 Å². The van der Waals surface area contributed by atoms with E-state index in [1.807, 2.05) is 0 Å². The molecule has 2 heteroatoms. The van der Waals surface area contributed by atoms with Gasteiger partial charge in [-0.15, -0.1) is 0 Å². The number of nitrogens with one attached hydrogen (secondary N) is 1. The van der Waals surface area contributed by atoms with E-state index in [1.165, 1.54) is 50.9 Å². The first-order valence-electron chi connectivity index (χ1n) is 8.32. The lowest BCUT2D eigenvalue weighted by atomic mass is 9.98. The summed E-state index contributed by atoms with van der Waals surface area (Å²) in [6.45, 7) is 7.38. The van der Waals surface area contributed by atoms with Crippen molar-refractivity contribution in [2.45, 2.75) is 44.6 Å². The van der Waals surface area contributed by atoms with Gasteiger partial charge in [0.05, 0.1) is 0 Å². The fraction of sp³-hybridized carbons (Fsp3) is 0.667. The Hall–Kier alpha value is -0.860. The Morgan fingerprint density at radius 3 is 2.75 bits per heavy atom. The van der Waals surface area contributed by atoms with Crippen LogP contribution in [0.5, 0.6) is 0 Å². The average Bonchev–Trinajstić information content (AvgIpc) is 3.24. The summed E-state index contributed by atoms with van der Waals surface area (Å²) in [7, 11) is 0. The van der Waals surface area contributed by atoms with Gasteiger partial charge in [0, 0.05) is 12.6 Å². The first kappa shape index (κ1) is 14.1.